The number of carbonyl (C=O) groups excluding carboxylic acids is 3. The van der Waals surface area contributed by atoms with Crippen molar-refractivity contribution in [1.82, 2.24) is 9.80 Å². The number of likely N-dealkylation sites (N-methyl/N-ethyl adjacent to an activating group) is 2. The molecule has 1 fully saturated rings. The number of amides is 4. The molecule has 2 aliphatic heterocycles. The Bertz CT molecular complexity index is 923. The van der Waals surface area contributed by atoms with E-state index in [-0.39, 0.29) is 18.7 Å². The van der Waals surface area contributed by atoms with Gasteiger partial charge in [0.05, 0.1) is 5.69 Å². The number of ether oxygens (including phenoxy) is 1. The Hall–Kier alpha value is -3.06. The smallest absolute Gasteiger partial charge is 0.333 e. The molecule has 0 spiro atoms. The van der Waals surface area contributed by atoms with Crippen LogP contribution < -0.4 is 9.64 Å². The van der Waals surface area contributed by atoms with Gasteiger partial charge in [-0.2, -0.15) is 0 Å². The predicted molar refractivity (Wildman–Crippen MR) is 111 cm³/mol. The van der Waals surface area contributed by atoms with Crippen molar-refractivity contribution in [3.05, 3.63) is 59.0 Å². The van der Waals surface area contributed by atoms with Gasteiger partial charge in [-0.25, -0.2) is 4.79 Å². The summed E-state index contributed by atoms with van der Waals surface area (Å²) in [5, 5.41) is 0.622. The number of rotatable bonds is 5. The van der Waals surface area contributed by atoms with Gasteiger partial charge in [-0.3, -0.25) is 19.4 Å². The number of halogens is 1. The van der Waals surface area contributed by atoms with E-state index in [1.54, 1.807) is 38.1 Å². The first-order chi connectivity index (χ1) is 13.9. The summed E-state index contributed by atoms with van der Waals surface area (Å²) in [4.78, 5) is 41.2. The van der Waals surface area contributed by atoms with E-state index < -0.39 is 17.8 Å². The molecule has 0 aliphatic carbocycles. The van der Waals surface area contributed by atoms with Crippen LogP contribution in [0.15, 0.2) is 54.0 Å². The number of hydrogen-bond donors (Lipinski definition) is 0. The second-order valence-corrected chi connectivity index (χ2v) is 6.75. The molecule has 4 amide bonds. The predicted octanol–water partition coefficient (Wildman–Crippen LogP) is 3.71. The summed E-state index contributed by atoms with van der Waals surface area (Å²) in [6.07, 6.45) is 6.44. The molecule has 0 radical (unpaired) electrons. The van der Waals surface area contributed by atoms with Gasteiger partial charge < -0.3 is 9.64 Å². The van der Waals surface area contributed by atoms with Gasteiger partial charge in [-0.15, -0.1) is 0 Å². The zero-order valence-corrected chi connectivity index (χ0v) is 17.3. The molecule has 29 heavy (non-hydrogen) atoms. The second kappa shape index (κ2) is 8.53. The van der Waals surface area contributed by atoms with Crippen LogP contribution in [0.3, 0.4) is 0 Å². The van der Waals surface area contributed by atoms with Crippen molar-refractivity contribution in [3.63, 3.8) is 0 Å². The number of allylic oxidation sites excluding steroid dienone is 4. The highest BCUT2D eigenvalue weighted by Crippen LogP contribution is 2.40. The zero-order chi connectivity index (χ0) is 21.1. The quantitative estimate of drug-likeness (QED) is 0.541. The van der Waals surface area contributed by atoms with Crippen molar-refractivity contribution in [2.75, 3.05) is 24.5 Å². The van der Waals surface area contributed by atoms with E-state index in [0.717, 1.165) is 15.5 Å². The number of benzene rings is 1. The monoisotopic (exact) mass is 415 g/mol. The highest BCUT2D eigenvalue weighted by molar-refractivity contribution is 6.31. The normalized spacial score (nSPS) is 18.2. The molecule has 8 heteroatoms. The van der Waals surface area contributed by atoms with Crippen molar-refractivity contribution >= 4 is 35.1 Å². The maximum absolute atomic E-state index is 12.5. The summed E-state index contributed by atoms with van der Waals surface area (Å²) in [5.74, 6) is 0.154. The van der Waals surface area contributed by atoms with Gasteiger partial charge in [0.25, 0.3) is 11.8 Å². The van der Waals surface area contributed by atoms with Crippen LogP contribution >= 0.6 is 11.6 Å². The summed E-state index contributed by atoms with van der Waals surface area (Å²) >= 11 is 6.07. The van der Waals surface area contributed by atoms with E-state index in [9.17, 15) is 14.4 Å². The third-order valence-corrected chi connectivity index (χ3v) is 4.90. The fraction of sp³-hybridized carbons (Fsp3) is 0.286. The molecule has 1 aromatic carbocycles. The molecule has 0 bridgehead atoms. The number of anilines is 1. The van der Waals surface area contributed by atoms with Gasteiger partial charge in [-0.1, -0.05) is 23.8 Å². The molecule has 0 saturated carbocycles. The fourth-order valence-corrected chi connectivity index (χ4v) is 3.38. The van der Waals surface area contributed by atoms with Crippen LogP contribution in [-0.2, 0) is 9.59 Å². The molecule has 0 N–H and O–H groups in total. The van der Waals surface area contributed by atoms with Crippen LogP contribution in [0.25, 0.3) is 0 Å². The fourth-order valence-electron chi connectivity index (χ4n) is 3.22. The number of fused-ring (bicyclic) bond motifs is 1. The molecular weight excluding hydrogens is 394 g/mol. The second-order valence-electron chi connectivity index (χ2n) is 6.31. The van der Waals surface area contributed by atoms with Gasteiger partial charge >= 0.3 is 6.03 Å². The first-order valence-corrected chi connectivity index (χ1v) is 9.81. The van der Waals surface area contributed by atoms with Crippen LogP contribution in [0.1, 0.15) is 20.8 Å². The Morgan fingerprint density at radius 1 is 0.897 bits per heavy atom. The van der Waals surface area contributed by atoms with Gasteiger partial charge in [0.15, 0.2) is 5.75 Å². The lowest BCUT2D eigenvalue weighted by Gasteiger charge is -2.32. The van der Waals surface area contributed by atoms with E-state index >= 15 is 0 Å². The maximum atomic E-state index is 12.5. The van der Waals surface area contributed by atoms with E-state index in [2.05, 4.69) is 0 Å². The largest absolute Gasteiger partial charge is 0.439 e. The van der Waals surface area contributed by atoms with E-state index in [4.69, 9.17) is 16.3 Å². The van der Waals surface area contributed by atoms with Gasteiger partial charge in [0.2, 0.25) is 5.88 Å². The first-order valence-electron chi connectivity index (χ1n) is 9.44. The van der Waals surface area contributed by atoms with E-state index in [0.29, 0.717) is 23.2 Å². The number of carbonyl (C=O) groups is 3. The summed E-state index contributed by atoms with van der Waals surface area (Å²) in [6, 6.07) is 4.82. The lowest BCUT2D eigenvalue weighted by Crippen LogP contribution is -2.56. The topological polar surface area (TPSA) is 70.2 Å². The van der Waals surface area contributed by atoms with Crippen LogP contribution in [0.5, 0.6) is 5.75 Å². The van der Waals surface area contributed by atoms with Crippen LogP contribution in [-0.4, -0.2) is 47.3 Å². The lowest BCUT2D eigenvalue weighted by atomic mass is 10.1. The highest BCUT2D eigenvalue weighted by atomic mass is 35.5. The van der Waals surface area contributed by atoms with Gasteiger partial charge in [0.1, 0.15) is 5.57 Å². The molecule has 0 atom stereocenters. The number of hydrogen-bond acceptors (Lipinski definition) is 5. The van der Waals surface area contributed by atoms with Crippen molar-refractivity contribution < 1.29 is 19.1 Å². The minimum Gasteiger partial charge on any atom is -0.439 e. The third kappa shape index (κ3) is 3.78. The number of imide groups is 2. The van der Waals surface area contributed by atoms with Gasteiger partial charge in [0, 0.05) is 24.7 Å². The van der Waals surface area contributed by atoms with E-state index in [1.807, 2.05) is 24.0 Å². The average molecular weight is 416 g/mol. The Morgan fingerprint density at radius 2 is 1.48 bits per heavy atom. The molecule has 1 aromatic rings. The van der Waals surface area contributed by atoms with Crippen LogP contribution in [0.2, 0.25) is 5.02 Å². The molecule has 3 rings (SSSR count). The highest BCUT2D eigenvalue weighted by Gasteiger charge is 2.40. The van der Waals surface area contributed by atoms with Crippen molar-refractivity contribution in [2.45, 2.75) is 20.8 Å². The molecule has 0 unspecified atom stereocenters. The molecule has 152 valence electrons. The zero-order valence-electron chi connectivity index (χ0n) is 16.5. The lowest BCUT2D eigenvalue weighted by molar-refractivity contribution is -0.135. The Balaban J connectivity index is 1.83. The average Bonchev–Trinajstić information content (AvgIpc) is 3.04. The molecule has 0 aromatic heterocycles. The summed E-state index contributed by atoms with van der Waals surface area (Å²) < 4.78 is 5.84. The third-order valence-electron chi connectivity index (χ3n) is 4.67. The Morgan fingerprint density at radius 3 is 2.07 bits per heavy atom. The molecule has 1 saturated heterocycles. The summed E-state index contributed by atoms with van der Waals surface area (Å²) in [6.45, 7) is 6.47. The Labute approximate surface area is 174 Å². The maximum Gasteiger partial charge on any atom is 0.333 e. The van der Waals surface area contributed by atoms with Crippen LogP contribution in [0.4, 0.5) is 10.5 Å². The molecule has 7 nitrogen and oxygen atoms in total. The van der Waals surface area contributed by atoms with E-state index in [1.165, 1.54) is 6.08 Å². The number of urea groups is 1. The first kappa shape index (κ1) is 20.7. The standard InChI is InChI=1S/C21H22ClN3O4/c1-4-23-16-13-14(22)11-12-17(16)29-18(23)10-8-7-9-15-19(26)24(5-2)21(28)25(6-3)20(15)27/h7-13H,4-6H2,1-3H3/b8-7+,18-10-. The van der Waals surface area contributed by atoms with Crippen molar-refractivity contribution in [3.8, 4) is 5.75 Å². The molecule has 2 aliphatic rings. The number of barbiturate groups is 1. The molecule has 2 heterocycles. The summed E-state index contributed by atoms with van der Waals surface area (Å²) in [5.41, 5.74) is 0.837. The Kier molecular flexibility index (Phi) is 6.08. The van der Waals surface area contributed by atoms with Crippen molar-refractivity contribution in [1.29, 1.82) is 0 Å². The van der Waals surface area contributed by atoms with Gasteiger partial charge in [-0.05, 0) is 51.1 Å². The SMILES string of the molecule is CCN1C(=O)C(=C/C=C/C=C2\Oc3ccc(Cl)cc3N2CC)C(=O)N(CC)C1=O. The summed E-state index contributed by atoms with van der Waals surface area (Å²) in [7, 11) is 0. The minimum absolute atomic E-state index is 0.0438. The minimum atomic E-state index is -0.584. The molecular formula is C21H22ClN3O4. The van der Waals surface area contributed by atoms with Crippen molar-refractivity contribution in [2.24, 2.45) is 0 Å². The van der Waals surface area contributed by atoms with Crippen LogP contribution in [0, 0.1) is 0 Å². The number of nitrogens with zero attached hydrogens (tertiary/aromatic N) is 3.